The first-order valence-electron chi connectivity index (χ1n) is 8.30. The molecule has 0 saturated carbocycles. The Labute approximate surface area is 141 Å². The monoisotopic (exact) mass is 325 g/mol. The van der Waals surface area contributed by atoms with Crippen LogP contribution in [0.4, 0.5) is 0 Å². The number of benzene rings is 1. The van der Waals surface area contributed by atoms with Gasteiger partial charge in [0, 0.05) is 12.5 Å². The van der Waals surface area contributed by atoms with E-state index in [0.717, 1.165) is 30.6 Å². The summed E-state index contributed by atoms with van der Waals surface area (Å²) in [7, 11) is 1.93. The molecule has 3 aromatic rings. The molecule has 0 amide bonds. The van der Waals surface area contributed by atoms with E-state index in [2.05, 4.69) is 46.5 Å². The Kier molecular flexibility index (Phi) is 5.05. The van der Waals surface area contributed by atoms with Gasteiger partial charge in [-0.25, -0.2) is 0 Å². The van der Waals surface area contributed by atoms with Crippen molar-refractivity contribution in [3.8, 4) is 11.5 Å². The Bertz CT molecular complexity index is 778. The molecule has 2 aromatic heterocycles. The van der Waals surface area contributed by atoms with Crippen LogP contribution in [0, 0.1) is 0 Å². The van der Waals surface area contributed by atoms with Crippen LogP contribution in [0.2, 0.25) is 0 Å². The van der Waals surface area contributed by atoms with Crippen LogP contribution in [-0.4, -0.2) is 33.0 Å². The van der Waals surface area contributed by atoms with Crippen molar-refractivity contribution in [1.29, 1.82) is 0 Å². The molecule has 3 rings (SSSR count). The fourth-order valence-corrected chi connectivity index (χ4v) is 2.68. The van der Waals surface area contributed by atoms with E-state index in [4.69, 9.17) is 4.52 Å². The summed E-state index contributed by atoms with van der Waals surface area (Å²) >= 11 is 0. The number of rotatable bonds is 7. The molecule has 0 bridgehead atoms. The summed E-state index contributed by atoms with van der Waals surface area (Å²) in [6.07, 6.45) is 3.41. The third-order valence-corrected chi connectivity index (χ3v) is 4.14. The standard InChI is InChI=1S/C18H23N5O/c1-4-16-15(18-21-17(22-24-18)10-13(2)19-3)11-20-23(16)12-14-8-6-5-7-9-14/h5-9,11,13,19H,4,10,12H2,1-3H3. The second-order valence-electron chi connectivity index (χ2n) is 5.91. The highest BCUT2D eigenvalue weighted by Gasteiger charge is 2.18. The van der Waals surface area contributed by atoms with Crippen LogP contribution in [0.3, 0.4) is 0 Å². The van der Waals surface area contributed by atoms with Gasteiger partial charge in [0.2, 0.25) is 0 Å². The van der Waals surface area contributed by atoms with Crippen LogP contribution in [0.25, 0.3) is 11.5 Å². The lowest BCUT2D eigenvalue weighted by Gasteiger charge is -2.07. The van der Waals surface area contributed by atoms with E-state index in [1.807, 2.05) is 36.1 Å². The average molecular weight is 325 g/mol. The predicted octanol–water partition coefficient (Wildman–Crippen LogP) is 2.69. The van der Waals surface area contributed by atoms with E-state index < -0.39 is 0 Å². The number of hydrogen-bond donors (Lipinski definition) is 1. The van der Waals surface area contributed by atoms with Gasteiger partial charge in [0.15, 0.2) is 5.82 Å². The summed E-state index contributed by atoms with van der Waals surface area (Å²) in [6.45, 7) is 4.94. The first-order chi connectivity index (χ1) is 11.7. The van der Waals surface area contributed by atoms with E-state index in [-0.39, 0.29) is 0 Å². The SMILES string of the molecule is CCc1c(-c2nc(CC(C)NC)no2)cnn1Cc1ccccc1. The van der Waals surface area contributed by atoms with Gasteiger partial charge in [-0.05, 0) is 26.0 Å². The molecule has 6 nitrogen and oxygen atoms in total. The highest BCUT2D eigenvalue weighted by atomic mass is 16.5. The Balaban J connectivity index is 1.84. The molecular weight excluding hydrogens is 302 g/mol. The number of likely N-dealkylation sites (N-methyl/N-ethyl adjacent to an activating group) is 1. The van der Waals surface area contributed by atoms with Crippen molar-refractivity contribution < 1.29 is 4.52 Å². The molecule has 0 aliphatic heterocycles. The molecule has 0 aliphatic carbocycles. The van der Waals surface area contributed by atoms with E-state index in [0.29, 0.717) is 17.8 Å². The molecule has 1 N–H and O–H groups in total. The van der Waals surface area contributed by atoms with Crippen LogP contribution in [0.5, 0.6) is 0 Å². The summed E-state index contributed by atoms with van der Waals surface area (Å²) in [5.74, 6) is 1.26. The van der Waals surface area contributed by atoms with Crippen LogP contribution >= 0.6 is 0 Å². The zero-order chi connectivity index (χ0) is 16.9. The fourth-order valence-electron chi connectivity index (χ4n) is 2.68. The van der Waals surface area contributed by atoms with Gasteiger partial charge < -0.3 is 9.84 Å². The van der Waals surface area contributed by atoms with Crippen molar-refractivity contribution in [3.63, 3.8) is 0 Å². The molecule has 1 unspecified atom stereocenters. The third-order valence-electron chi connectivity index (χ3n) is 4.14. The highest BCUT2D eigenvalue weighted by Crippen LogP contribution is 2.23. The maximum Gasteiger partial charge on any atom is 0.261 e. The normalized spacial score (nSPS) is 12.5. The van der Waals surface area contributed by atoms with Crippen LogP contribution < -0.4 is 5.32 Å². The topological polar surface area (TPSA) is 68.8 Å². The van der Waals surface area contributed by atoms with Gasteiger partial charge in [-0.15, -0.1) is 0 Å². The summed E-state index contributed by atoms with van der Waals surface area (Å²) in [6, 6.07) is 10.6. The third kappa shape index (κ3) is 3.54. The molecule has 0 spiro atoms. The summed E-state index contributed by atoms with van der Waals surface area (Å²) in [4.78, 5) is 4.53. The Morgan fingerprint density at radius 1 is 1.25 bits per heavy atom. The maximum atomic E-state index is 5.46. The molecule has 0 aliphatic rings. The number of nitrogens with one attached hydrogen (secondary N) is 1. The molecular formula is C18H23N5O. The fraction of sp³-hybridized carbons (Fsp3) is 0.389. The van der Waals surface area contributed by atoms with Gasteiger partial charge in [-0.1, -0.05) is 42.4 Å². The lowest BCUT2D eigenvalue weighted by molar-refractivity contribution is 0.418. The van der Waals surface area contributed by atoms with Crippen molar-refractivity contribution in [3.05, 3.63) is 53.6 Å². The van der Waals surface area contributed by atoms with E-state index in [1.54, 1.807) is 0 Å². The van der Waals surface area contributed by atoms with E-state index in [1.165, 1.54) is 5.56 Å². The zero-order valence-corrected chi connectivity index (χ0v) is 14.4. The van der Waals surface area contributed by atoms with Crippen LogP contribution in [0.15, 0.2) is 41.1 Å². The van der Waals surface area contributed by atoms with Crippen molar-refractivity contribution in [2.45, 2.75) is 39.3 Å². The molecule has 0 radical (unpaired) electrons. The van der Waals surface area contributed by atoms with Crippen molar-refractivity contribution in [2.24, 2.45) is 0 Å². The van der Waals surface area contributed by atoms with Gasteiger partial charge in [0.1, 0.15) is 0 Å². The molecule has 24 heavy (non-hydrogen) atoms. The number of hydrogen-bond acceptors (Lipinski definition) is 5. The predicted molar refractivity (Wildman–Crippen MR) is 92.7 cm³/mol. The molecule has 0 saturated heterocycles. The average Bonchev–Trinajstić information content (AvgIpc) is 3.22. The second-order valence-corrected chi connectivity index (χ2v) is 5.91. The van der Waals surface area contributed by atoms with Crippen molar-refractivity contribution >= 4 is 0 Å². The highest BCUT2D eigenvalue weighted by molar-refractivity contribution is 5.55. The Morgan fingerprint density at radius 2 is 2.04 bits per heavy atom. The van der Waals surface area contributed by atoms with Crippen LogP contribution in [-0.2, 0) is 19.4 Å². The molecule has 6 heteroatoms. The quantitative estimate of drug-likeness (QED) is 0.723. The summed E-state index contributed by atoms with van der Waals surface area (Å²) in [5, 5.41) is 11.8. The zero-order valence-electron chi connectivity index (χ0n) is 14.4. The molecule has 2 heterocycles. The van der Waals surface area contributed by atoms with Gasteiger partial charge in [0.25, 0.3) is 5.89 Å². The lowest BCUT2D eigenvalue weighted by Crippen LogP contribution is -2.24. The minimum Gasteiger partial charge on any atom is -0.334 e. The molecule has 1 atom stereocenters. The molecule has 1 aromatic carbocycles. The first kappa shape index (κ1) is 16.4. The number of nitrogens with zero attached hydrogens (tertiary/aromatic N) is 4. The van der Waals surface area contributed by atoms with E-state index in [9.17, 15) is 0 Å². The van der Waals surface area contributed by atoms with Gasteiger partial charge in [-0.2, -0.15) is 10.1 Å². The second kappa shape index (κ2) is 7.40. The van der Waals surface area contributed by atoms with Gasteiger partial charge >= 0.3 is 0 Å². The maximum absolute atomic E-state index is 5.46. The smallest absolute Gasteiger partial charge is 0.261 e. The summed E-state index contributed by atoms with van der Waals surface area (Å²) < 4.78 is 7.46. The Hall–Kier alpha value is -2.47. The number of aromatic nitrogens is 4. The largest absolute Gasteiger partial charge is 0.334 e. The van der Waals surface area contributed by atoms with Crippen LogP contribution in [0.1, 0.15) is 30.9 Å². The summed E-state index contributed by atoms with van der Waals surface area (Å²) in [5.41, 5.74) is 3.25. The Morgan fingerprint density at radius 3 is 2.75 bits per heavy atom. The van der Waals surface area contributed by atoms with E-state index >= 15 is 0 Å². The van der Waals surface area contributed by atoms with Gasteiger partial charge in [0.05, 0.1) is 24.0 Å². The minimum atomic E-state index is 0.307. The molecule has 126 valence electrons. The lowest BCUT2D eigenvalue weighted by atomic mass is 10.2. The minimum absolute atomic E-state index is 0.307. The first-order valence-corrected chi connectivity index (χ1v) is 8.30. The molecule has 0 fully saturated rings. The van der Waals surface area contributed by atoms with Crippen molar-refractivity contribution in [2.75, 3.05) is 7.05 Å². The van der Waals surface area contributed by atoms with Crippen molar-refractivity contribution in [1.82, 2.24) is 25.2 Å². The van der Waals surface area contributed by atoms with Gasteiger partial charge in [-0.3, -0.25) is 4.68 Å².